The van der Waals surface area contributed by atoms with E-state index in [4.69, 9.17) is 4.42 Å². The van der Waals surface area contributed by atoms with Crippen LogP contribution in [-0.2, 0) is 14.8 Å². The minimum atomic E-state index is -3.42. The van der Waals surface area contributed by atoms with Gasteiger partial charge in [0.1, 0.15) is 6.04 Å². The van der Waals surface area contributed by atoms with Crippen molar-refractivity contribution >= 4 is 32.7 Å². The molecule has 3 rings (SSSR count). The average Bonchev–Trinajstić information content (AvgIpc) is 3.12. The number of fused-ring (bicyclic) bond motifs is 1. The fourth-order valence-electron chi connectivity index (χ4n) is 2.97. The van der Waals surface area contributed by atoms with Crippen LogP contribution in [0.3, 0.4) is 0 Å². The Bertz CT molecular complexity index is 915. The highest BCUT2D eigenvalue weighted by Gasteiger charge is 2.38. The maximum atomic E-state index is 12.5. The number of H-pyrrole nitrogens is 1. The van der Waals surface area contributed by atoms with Crippen LogP contribution in [-0.4, -0.2) is 42.0 Å². The number of rotatable bonds is 5. The summed E-state index contributed by atoms with van der Waals surface area (Å²) in [6, 6.07) is 4.07. The summed E-state index contributed by atoms with van der Waals surface area (Å²) in [4.78, 5) is 26.2. The summed E-state index contributed by atoms with van der Waals surface area (Å²) in [5, 5.41) is 2.72. The van der Waals surface area contributed by atoms with Crippen LogP contribution in [0.2, 0.25) is 0 Å². The summed E-state index contributed by atoms with van der Waals surface area (Å²) in [6.45, 7) is 2.16. The van der Waals surface area contributed by atoms with Crippen molar-refractivity contribution in [2.75, 3.05) is 17.6 Å². The molecule has 0 radical (unpaired) electrons. The molecule has 1 aliphatic rings. The van der Waals surface area contributed by atoms with Gasteiger partial charge in [-0.05, 0) is 37.5 Å². The number of carbonyl (C=O) groups excluding carboxylic acids is 1. The average molecular weight is 353 g/mol. The molecule has 8 nitrogen and oxygen atoms in total. The van der Waals surface area contributed by atoms with Crippen LogP contribution in [0.1, 0.15) is 26.2 Å². The lowest BCUT2D eigenvalue weighted by atomic mass is 10.2. The molecule has 1 saturated heterocycles. The number of carbonyl (C=O) groups is 1. The number of benzene rings is 1. The zero-order chi connectivity index (χ0) is 17.3. The second-order valence-corrected chi connectivity index (χ2v) is 7.84. The Hall–Kier alpha value is -2.13. The molecule has 2 N–H and O–H groups in total. The van der Waals surface area contributed by atoms with E-state index >= 15 is 0 Å². The maximum absolute atomic E-state index is 12.5. The molecule has 24 heavy (non-hydrogen) atoms. The van der Waals surface area contributed by atoms with Gasteiger partial charge in [0.05, 0.1) is 11.3 Å². The number of hydrogen-bond acceptors (Lipinski definition) is 5. The van der Waals surface area contributed by atoms with Crippen molar-refractivity contribution in [2.45, 2.75) is 32.2 Å². The zero-order valence-corrected chi connectivity index (χ0v) is 14.1. The van der Waals surface area contributed by atoms with Gasteiger partial charge < -0.3 is 9.73 Å². The minimum absolute atomic E-state index is 0.0407. The summed E-state index contributed by atoms with van der Waals surface area (Å²) in [7, 11) is -3.42. The molecule has 1 aromatic carbocycles. The number of sulfonamides is 1. The van der Waals surface area contributed by atoms with E-state index in [9.17, 15) is 18.0 Å². The van der Waals surface area contributed by atoms with Gasteiger partial charge in [-0.3, -0.25) is 9.78 Å². The van der Waals surface area contributed by atoms with Crippen molar-refractivity contribution in [3.8, 4) is 0 Å². The molecular formula is C15H19N3O5S. The number of nitrogens with zero attached hydrogens (tertiary/aromatic N) is 1. The van der Waals surface area contributed by atoms with E-state index in [-0.39, 0.29) is 11.7 Å². The van der Waals surface area contributed by atoms with E-state index in [1.165, 1.54) is 4.31 Å². The lowest BCUT2D eigenvalue weighted by Crippen LogP contribution is -2.44. The van der Waals surface area contributed by atoms with Crippen LogP contribution < -0.4 is 11.1 Å². The third-order valence-corrected chi connectivity index (χ3v) is 6.09. The van der Waals surface area contributed by atoms with Gasteiger partial charge in [-0.15, -0.1) is 0 Å². The Labute approximate surface area is 138 Å². The van der Waals surface area contributed by atoms with Gasteiger partial charge in [-0.1, -0.05) is 6.92 Å². The molecule has 2 aromatic rings. The molecule has 1 aromatic heterocycles. The predicted octanol–water partition coefficient (Wildman–Crippen LogP) is 1.26. The molecule has 1 aliphatic heterocycles. The first-order valence-corrected chi connectivity index (χ1v) is 9.45. The van der Waals surface area contributed by atoms with Crippen LogP contribution in [0.4, 0.5) is 5.69 Å². The second kappa shape index (κ2) is 6.40. The third-order valence-electron chi connectivity index (χ3n) is 4.01. The summed E-state index contributed by atoms with van der Waals surface area (Å²) in [6.07, 6.45) is 1.67. The normalized spacial score (nSPS) is 19.0. The Morgan fingerprint density at radius 1 is 1.46 bits per heavy atom. The van der Waals surface area contributed by atoms with Crippen molar-refractivity contribution in [1.82, 2.24) is 9.29 Å². The van der Waals surface area contributed by atoms with Gasteiger partial charge in [0.25, 0.3) is 0 Å². The van der Waals surface area contributed by atoms with Crippen molar-refractivity contribution in [1.29, 1.82) is 0 Å². The van der Waals surface area contributed by atoms with Gasteiger partial charge >= 0.3 is 5.76 Å². The molecule has 2 heterocycles. The lowest BCUT2D eigenvalue weighted by molar-refractivity contribution is -0.119. The monoisotopic (exact) mass is 353 g/mol. The van der Waals surface area contributed by atoms with Crippen molar-refractivity contribution in [2.24, 2.45) is 0 Å². The Kier molecular flexibility index (Phi) is 4.46. The Morgan fingerprint density at radius 2 is 2.25 bits per heavy atom. The highest BCUT2D eigenvalue weighted by molar-refractivity contribution is 7.89. The quantitative estimate of drug-likeness (QED) is 0.840. The van der Waals surface area contributed by atoms with E-state index < -0.39 is 21.8 Å². The standard InChI is InChI=1S/C15H19N3O5S/c1-2-8-24(21,22)18-7-3-4-12(18)14(19)16-10-5-6-13-11(9-10)17-15(20)23-13/h5-6,9,12H,2-4,7-8H2,1H3,(H,16,19)(H,17,20). The summed E-state index contributed by atoms with van der Waals surface area (Å²) in [5.41, 5.74) is 1.34. The molecule has 1 amide bonds. The number of amides is 1. The number of oxazole rings is 1. The van der Waals surface area contributed by atoms with Crippen LogP contribution >= 0.6 is 0 Å². The number of nitrogens with one attached hydrogen (secondary N) is 2. The highest BCUT2D eigenvalue weighted by Crippen LogP contribution is 2.24. The van der Waals surface area contributed by atoms with Crippen LogP contribution in [0, 0.1) is 0 Å². The van der Waals surface area contributed by atoms with Crippen molar-refractivity contribution in [3.05, 3.63) is 28.7 Å². The SMILES string of the molecule is CCCS(=O)(=O)N1CCCC1C(=O)Nc1ccc2oc(=O)[nH]c2c1. The molecular weight excluding hydrogens is 334 g/mol. The zero-order valence-electron chi connectivity index (χ0n) is 13.2. The first-order chi connectivity index (χ1) is 11.4. The second-order valence-electron chi connectivity index (χ2n) is 5.80. The highest BCUT2D eigenvalue weighted by atomic mass is 32.2. The number of anilines is 1. The van der Waals surface area contributed by atoms with E-state index in [1.807, 2.05) is 0 Å². The fraction of sp³-hybridized carbons (Fsp3) is 0.467. The summed E-state index contributed by atoms with van der Waals surface area (Å²) < 4.78 is 30.7. The molecule has 130 valence electrons. The number of aromatic nitrogens is 1. The van der Waals surface area contributed by atoms with Crippen LogP contribution in [0.15, 0.2) is 27.4 Å². The maximum Gasteiger partial charge on any atom is 0.417 e. The van der Waals surface area contributed by atoms with Crippen molar-refractivity contribution in [3.63, 3.8) is 0 Å². The fourth-order valence-corrected chi connectivity index (χ4v) is 4.71. The lowest BCUT2D eigenvalue weighted by Gasteiger charge is -2.23. The largest absolute Gasteiger partial charge is 0.417 e. The minimum Gasteiger partial charge on any atom is -0.408 e. The Balaban J connectivity index is 1.78. The first-order valence-electron chi connectivity index (χ1n) is 7.84. The predicted molar refractivity (Wildman–Crippen MR) is 89.3 cm³/mol. The number of aromatic amines is 1. The topological polar surface area (TPSA) is 112 Å². The molecule has 0 bridgehead atoms. The summed E-state index contributed by atoms with van der Waals surface area (Å²) >= 11 is 0. The van der Waals surface area contributed by atoms with Crippen molar-refractivity contribution < 1.29 is 17.6 Å². The van der Waals surface area contributed by atoms with Crippen LogP contribution in [0.5, 0.6) is 0 Å². The molecule has 1 atom stereocenters. The Morgan fingerprint density at radius 3 is 3.00 bits per heavy atom. The van der Waals surface area contributed by atoms with E-state index in [2.05, 4.69) is 10.3 Å². The van der Waals surface area contributed by atoms with Gasteiger partial charge in [-0.25, -0.2) is 13.2 Å². The van der Waals surface area contributed by atoms with E-state index in [1.54, 1.807) is 25.1 Å². The van der Waals surface area contributed by atoms with E-state index in [0.717, 1.165) is 0 Å². The molecule has 9 heteroatoms. The first kappa shape index (κ1) is 16.7. The molecule has 0 spiro atoms. The van der Waals surface area contributed by atoms with Gasteiger partial charge in [0.2, 0.25) is 15.9 Å². The summed E-state index contributed by atoms with van der Waals surface area (Å²) in [5.74, 6) is -0.891. The molecule has 1 unspecified atom stereocenters. The van der Waals surface area contributed by atoms with Gasteiger partial charge in [0.15, 0.2) is 5.58 Å². The van der Waals surface area contributed by atoms with E-state index in [0.29, 0.717) is 42.6 Å². The van der Waals surface area contributed by atoms with Crippen LogP contribution in [0.25, 0.3) is 11.1 Å². The number of hydrogen-bond donors (Lipinski definition) is 2. The molecule has 0 saturated carbocycles. The third kappa shape index (κ3) is 3.22. The van der Waals surface area contributed by atoms with Gasteiger partial charge in [-0.2, -0.15) is 4.31 Å². The van der Waals surface area contributed by atoms with Gasteiger partial charge in [0, 0.05) is 12.2 Å². The smallest absolute Gasteiger partial charge is 0.408 e. The molecule has 0 aliphatic carbocycles. The molecule has 1 fully saturated rings.